The molecular weight excluding hydrogens is 366 g/mol. The van der Waals surface area contributed by atoms with Crippen LogP contribution in [-0.2, 0) is 11.3 Å². The predicted molar refractivity (Wildman–Crippen MR) is 104 cm³/mol. The first kappa shape index (κ1) is 18.1. The number of anilines is 2. The molecule has 0 aliphatic carbocycles. The summed E-state index contributed by atoms with van der Waals surface area (Å²) in [5, 5.41) is 13.1. The van der Waals surface area contributed by atoms with Gasteiger partial charge in [0.15, 0.2) is 11.6 Å². The highest BCUT2D eigenvalue weighted by atomic mass is 32.1. The Hall–Kier alpha value is -2.30. The number of aromatic nitrogens is 4. The van der Waals surface area contributed by atoms with Crippen molar-refractivity contribution in [3.8, 4) is 0 Å². The van der Waals surface area contributed by atoms with Crippen LogP contribution in [-0.4, -0.2) is 71.6 Å². The van der Waals surface area contributed by atoms with E-state index in [4.69, 9.17) is 9.37 Å². The molecule has 0 spiro atoms. The van der Waals surface area contributed by atoms with E-state index < -0.39 is 0 Å². The van der Waals surface area contributed by atoms with Gasteiger partial charge in [-0.25, -0.2) is 14.6 Å². The first-order valence-corrected chi connectivity index (χ1v) is 9.94. The molecule has 4 rings (SSSR count). The molecule has 1 fully saturated rings. The molecule has 1 saturated heterocycles. The van der Waals surface area contributed by atoms with Crippen molar-refractivity contribution in [2.45, 2.75) is 13.0 Å². The predicted octanol–water partition coefficient (Wildman–Crippen LogP) is 1.84. The maximum absolute atomic E-state index is 5.11. The molecule has 0 bridgehead atoms. The summed E-state index contributed by atoms with van der Waals surface area (Å²) < 4.78 is 9.89. The number of rotatable bonds is 8. The van der Waals surface area contributed by atoms with Gasteiger partial charge in [0.2, 0.25) is 11.3 Å². The average molecular weight is 389 g/mol. The average Bonchev–Trinajstić information content (AvgIpc) is 3.36. The summed E-state index contributed by atoms with van der Waals surface area (Å²) >= 11 is 1.81. The number of hydrogen-bond acceptors (Lipinski definition) is 10. The first-order chi connectivity index (χ1) is 13.3. The highest BCUT2D eigenvalue weighted by molar-refractivity contribution is 7.09. The molecule has 10 heteroatoms. The van der Waals surface area contributed by atoms with E-state index in [1.165, 1.54) is 4.88 Å². The van der Waals surface area contributed by atoms with Crippen LogP contribution in [0.5, 0.6) is 0 Å². The SMILES string of the molecule is COCCCNc1nc2nonc2nc1N1CCN(Cc2cccs2)CC1. The minimum Gasteiger partial charge on any atom is -0.385 e. The maximum Gasteiger partial charge on any atom is 0.245 e. The van der Waals surface area contributed by atoms with E-state index in [9.17, 15) is 0 Å². The van der Waals surface area contributed by atoms with Gasteiger partial charge >= 0.3 is 0 Å². The molecular formula is C17H23N7O2S. The van der Waals surface area contributed by atoms with Crippen molar-refractivity contribution < 1.29 is 9.37 Å². The Morgan fingerprint density at radius 2 is 2.00 bits per heavy atom. The molecule has 9 nitrogen and oxygen atoms in total. The van der Waals surface area contributed by atoms with Gasteiger partial charge < -0.3 is 15.0 Å². The van der Waals surface area contributed by atoms with Crippen LogP contribution in [0.15, 0.2) is 22.1 Å². The lowest BCUT2D eigenvalue weighted by Gasteiger charge is -2.35. The third kappa shape index (κ3) is 4.34. The topological polar surface area (TPSA) is 92.4 Å². The van der Waals surface area contributed by atoms with Crippen molar-refractivity contribution >= 4 is 34.3 Å². The Labute approximate surface area is 161 Å². The molecule has 1 N–H and O–H groups in total. The summed E-state index contributed by atoms with van der Waals surface area (Å²) in [6.45, 7) is 6.21. The van der Waals surface area contributed by atoms with Crippen molar-refractivity contribution in [3.05, 3.63) is 22.4 Å². The number of hydrogen-bond donors (Lipinski definition) is 1. The van der Waals surface area contributed by atoms with Crippen molar-refractivity contribution in [2.24, 2.45) is 0 Å². The second-order valence-corrected chi connectivity index (χ2v) is 7.46. The molecule has 0 amide bonds. The number of fused-ring (bicyclic) bond motifs is 1. The summed E-state index contributed by atoms with van der Waals surface area (Å²) in [5.74, 6) is 1.53. The summed E-state index contributed by atoms with van der Waals surface area (Å²) in [4.78, 5) is 15.3. The van der Waals surface area contributed by atoms with Crippen molar-refractivity contribution in [2.75, 3.05) is 56.7 Å². The van der Waals surface area contributed by atoms with Crippen LogP contribution in [0.1, 0.15) is 11.3 Å². The Morgan fingerprint density at radius 3 is 2.74 bits per heavy atom. The number of nitrogens with zero attached hydrogens (tertiary/aromatic N) is 6. The second kappa shape index (κ2) is 8.59. The van der Waals surface area contributed by atoms with Gasteiger partial charge in [-0.15, -0.1) is 11.3 Å². The van der Waals surface area contributed by atoms with E-state index in [0.29, 0.717) is 17.9 Å². The van der Waals surface area contributed by atoms with Crippen LogP contribution in [0.25, 0.3) is 11.3 Å². The van der Waals surface area contributed by atoms with E-state index in [-0.39, 0.29) is 0 Å². The van der Waals surface area contributed by atoms with E-state index in [2.05, 4.69) is 52.9 Å². The lowest BCUT2D eigenvalue weighted by molar-refractivity contribution is 0.197. The lowest BCUT2D eigenvalue weighted by Crippen LogP contribution is -2.46. The zero-order valence-corrected chi connectivity index (χ0v) is 16.1. The maximum atomic E-state index is 5.11. The Bertz CT molecular complexity index is 846. The molecule has 0 saturated carbocycles. The number of methoxy groups -OCH3 is 1. The Morgan fingerprint density at radius 1 is 1.19 bits per heavy atom. The van der Waals surface area contributed by atoms with E-state index in [1.54, 1.807) is 7.11 Å². The van der Waals surface area contributed by atoms with E-state index in [0.717, 1.165) is 57.3 Å². The van der Waals surface area contributed by atoms with Crippen LogP contribution < -0.4 is 10.2 Å². The summed E-state index contributed by atoms with van der Waals surface area (Å²) in [6.07, 6.45) is 0.890. The van der Waals surface area contributed by atoms with Gasteiger partial charge in [-0.05, 0) is 28.2 Å². The fourth-order valence-corrected chi connectivity index (χ4v) is 3.88. The van der Waals surface area contributed by atoms with E-state index in [1.807, 2.05) is 11.3 Å². The summed E-state index contributed by atoms with van der Waals surface area (Å²) in [7, 11) is 1.70. The molecule has 0 radical (unpaired) electrons. The minimum absolute atomic E-state index is 0.421. The quantitative estimate of drug-likeness (QED) is 0.579. The second-order valence-electron chi connectivity index (χ2n) is 6.42. The van der Waals surface area contributed by atoms with Crippen LogP contribution in [0.3, 0.4) is 0 Å². The van der Waals surface area contributed by atoms with Gasteiger partial charge in [0, 0.05) is 57.9 Å². The highest BCUT2D eigenvalue weighted by Crippen LogP contribution is 2.25. The number of ether oxygens (including phenoxy) is 1. The third-order valence-electron chi connectivity index (χ3n) is 4.54. The van der Waals surface area contributed by atoms with Gasteiger partial charge in [0.05, 0.1) is 0 Å². The van der Waals surface area contributed by atoms with Crippen LogP contribution in [0, 0.1) is 0 Å². The summed E-state index contributed by atoms with van der Waals surface area (Å²) in [5.41, 5.74) is 0.859. The lowest BCUT2D eigenvalue weighted by atomic mass is 10.3. The van der Waals surface area contributed by atoms with Gasteiger partial charge in [0.1, 0.15) is 0 Å². The number of piperazine rings is 1. The standard InChI is InChI=1S/C17H23N7O2S/c1-25-10-3-5-18-16-17(20-15-14(19-16)21-26-22-15)24-8-6-23(7-9-24)12-13-4-2-11-27-13/h2,4,11H,3,5-10,12H2,1H3,(H,18,19,21). The van der Waals surface area contributed by atoms with Crippen LogP contribution in [0.2, 0.25) is 0 Å². The van der Waals surface area contributed by atoms with Crippen molar-refractivity contribution in [1.29, 1.82) is 0 Å². The molecule has 3 aromatic rings. The molecule has 4 heterocycles. The van der Waals surface area contributed by atoms with Crippen LogP contribution in [0.4, 0.5) is 11.6 Å². The zero-order chi connectivity index (χ0) is 18.5. The fourth-order valence-electron chi connectivity index (χ4n) is 3.13. The smallest absolute Gasteiger partial charge is 0.245 e. The van der Waals surface area contributed by atoms with Crippen molar-refractivity contribution in [1.82, 2.24) is 25.2 Å². The molecule has 144 valence electrons. The largest absolute Gasteiger partial charge is 0.385 e. The first-order valence-electron chi connectivity index (χ1n) is 9.06. The van der Waals surface area contributed by atoms with Gasteiger partial charge in [-0.1, -0.05) is 6.07 Å². The van der Waals surface area contributed by atoms with Crippen LogP contribution >= 0.6 is 11.3 Å². The fraction of sp³-hybridized carbons (Fsp3) is 0.529. The number of nitrogens with one attached hydrogen (secondary N) is 1. The minimum atomic E-state index is 0.421. The zero-order valence-electron chi connectivity index (χ0n) is 15.3. The molecule has 0 atom stereocenters. The molecule has 0 aromatic carbocycles. The molecule has 0 unspecified atom stereocenters. The Balaban J connectivity index is 1.45. The van der Waals surface area contributed by atoms with Gasteiger partial charge in [-0.3, -0.25) is 4.90 Å². The molecule has 3 aromatic heterocycles. The van der Waals surface area contributed by atoms with Gasteiger partial charge in [-0.2, -0.15) is 0 Å². The molecule has 27 heavy (non-hydrogen) atoms. The van der Waals surface area contributed by atoms with Crippen molar-refractivity contribution in [3.63, 3.8) is 0 Å². The normalized spacial score (nSPS) is 15.5. The van der Waals surface area contributed by atoms with E-state index >= 15 is 0 Å². The monoisotopic (exact) mass is 389 g/mol. The summed E-state index contributed by atoms with van der Waals surface area (Å²) in [6, 6.07) is 4.30. The Kier molecular flexibility index (Phi) is 5.75. The number of thiophene rings is 1. The highest BCUT2D eigenvalue weighted by Gasteiger charge is 2.23. The molecule has 1 aliphatic heterocycles. The molecule has 1 aliphatic rings. The third-order valence-corrected chi connectivity index (χ3v) is 5.41. The van der Waals surface area contributed by atoms with Gasteiger partial charge in [0.25, 0.3) is 0 Å².